The van der Waals surface area contributed by atoms with Gasteiger partial charge in [0.25, 0.3) is 5.56 Å². The van der Waals surface area contributed by atoms with Crippen molar-refractivity contribution in [1.29, 1.82) is 0 Å². The molecule has 0 unspecified atom stereocenters. The Morgan fingerprint density at radius 1 is 1.07 bits per heavy atom. The van der Waals surface area contributed by atoms with E-state index in [4.69, 9.17) is 14.2 Å². The maximum absolute atomic E-state index is 12.6. The van der Waals surface area contributed by atoms with Crippen LogP contribution in [0.2, 0.25) is 0 Å². The Morgan fingerprint density at radius 3 is 2.48 bits per heavy atom. The molecule has 4 rings (SSSR count). The second-order valence-corrected chi connectivity index (χ2v) is 6.28. The molecule has 0 spiro atoms. The second-order valence-electron chi connectivity index (χ2n) is 6.28. The van der Waals surface area contributed by atoms with Crippen molar-refractivity contribution in [1.82, 2.24) is 9.97 Å². The van der Waals surface area contributed by atoms with E-state index in [0.29, 0.717) is 28.2 Å². The van der Waals surface area contributed by atoms with Crippen LogP contribution in [0.15, 0.2) is 41.2 Å². The van der Waals surface area contributed by atoms with Crippen LogP contribution in [0.4, 0.5) is 5.69 Å². The first-order valence-corrected chi connectivity index (χ1v) is 8.79. The van der Waals surface area contributed by atoms with E-state index < -0.39 is 0 Å². The molecule has 0 radical (unpaired) electrons. The largest absolute Gasteiger partial charge is 0.497 e. The van der Waals surface area contributed by atoms with Crippen LogP contribution in [0.5, 0.6) is 11.5 Å². The van der Waals surface area contributed by atoms with Crippen LogP contribution < -0.4 is 19.9 Å². The molecule has 0 amide bonds. The third-order valence-electron chi connectivity index (χ3n) is 4.72. The lowest BCUT2D eigenvalue weighted by Gasteiger charge is -2.28. The van der Waals surface area contributed by atoms with Gasteiger partial charge in [0.15, 0.2) is 0 Å². The van der Waals surface area contributed by atoms with Gasteiger partial charge in [-0.05, 0) is 24.3 Å². The number of aromatic nitrogens is 2. The van der Waals surface area contributed by atoms with Gasteiger partial charge in [0.2, 0.25) is 0 Å². The van der Waals surface area contributed by atoms with E-state index >= 15 is 0 Å². The molecule has 27 heavy (non-hydrogen) atoms. The van der Waals surface area contributed by atoms with Gasteiger partial charge in [-0.2, -0.15) is 0 Å². The highest BCUT2D eigenvalue weighted by molar-refractivity contribution is 5.87. The van der Waals surface area contributed by atoms with E-state index in [9.17, 15) is 4.79 Å². The number of aromatic amines is 1. The maximum Gasteiger partial charge on any atom is 0.262 e. The smallest absolute Gasteiger partial charge is 0.262 e. The highest BCUT2D eigenvalue weighted by Crippen LogP contribution is 2.29. The number of H-pyrrole nitrogens is 1. The van der Waals surface area contributed by atoms with E-state index in [1.54, 1.807) is 19.2 Å². The van der Waals surface area contributed by atoms with Crippen LogP contribution in [0, 0.1) is 0 Å². The normalized spacial score (nSPS) is 14.4. The zero-order valence-electron chi connectivity index (χ0n) is 15.3. The molecule has 3 aromatic rings. The summed E-state index contributed by atoms with van der Waals surface area (Å²) in [6, 6.07) is 11.4. The molecule has 1 aliphatic heterocycles. The highest BCUT2D eigenvalue weighted by atomic mass is 16.5. The molecule has 7 heteroatoms. The number of hydrogen-bond acceptors (Lipinski definition) is 6. The number of anilines is 1. The predicted octanol–water partition coefficient (Wildman–Crippen LogP) is 2.44. The highest BCUT2D eigenvalue weighted by Gasteiger charge is 2.14. The Morgan fingerprint density at radius 2 is 1.81 bits per heavy atom. The Balaban J connectivity index is 1.74. The molecule has 140 valence electrons. The zero-order chi connectivity index (χ0) is 18.8. The van der Waals surface area contributed by atoms with E-state index in [2.05, 4.69) is 14.9 Å². The van der Waals surface area contributed by atoms with Gasteiger partial charge in [-0.15, -0.1) is 0 Å². The number of morpholine rings is 1. The van der Waals surface area contributed by atoms with Crippen LogP contribution in [0.25, 0.3) is 22.3 Å². The number of methoxy groups -OCH3 is 2. The second kappa shape index (κ2) is 7.28. The van der Waals surface area contributed by atoms with Crippen molar-refractivity contribution in [2.24, 2.45) is 0 Å². The number of ether oxygens (including phenoxy) is 3. The summed E-state index contributed by atoms with van der Waals surface area (Å²) in [5.41, 5.74) is 2.26. The first-order chi connectivity index (χ1) is 13.2. The Labute approximate surface area is 156 Å². The van der Waals surface area contributed by atoms with Gasteiger partial charge in [-0.3, -0.25) is 4.79 Å². The third kappa shape index (κ3) is 3.33. The topological polar surface area (TPSA) is 76.7 Å². The SMILES string of the molecule is COc1cc(OC)c2c(=O)[nH]c(-c3ccc(N4CCOCC4)cc3)nc2c1. The molecule has 0 saturated carbocycles. The summed E-state index contributed by atoms with van der Waals surface area (Å²) in [7, 11) is 3.09. The minimum atomic E-state index is -0.244. The standard InChI is InChI=1S/C20H21N3O4/c1-25-15-11-16-18(17(12-15)26-2)20(24)22-19(21-16)13-3-5-14(6-4-13)23-7-9-27-10-8-23/h3-6,11-12H,7-10H2,1-2H3,(H,21,22,24). The molecular weight excluding hydrogens is 346 g/mol. The zero-order valence-corrected chi connectivity index (χ0v) is 15.3. The van der Waals surface area contributed by atoms with Gasteiger partial charge in [0, 0.05) is 36.5 Å². The van der Waals surface area contributed by atoms with Crippen molar-refractivity contribution in [2.75, 3.05) is 45.4 Å². The van der Waals surface area contributed by atoms with Crippen molar-refractivity contribution in [3.8, 4) is 22.9 Å². The van der Waals surface area contributed by atoms with Crippen LogP contribution in [-0.4, -0.2) is 50.5 Å². The minimum absolute atomic E-state index is 0.244. The number of benzene rings is 2. The lowest BCUT2D eigenvalue weighted by atomic mass is 10.1. The average Bonchev–Trinajstić information content (AvgIpc) is 2.73. The summed E-state index contributed by atoms with van der Waals surface area (Å²) in [6.07, 6.45) is 0. The molecule has 7 nitrogen and oxygen atoms in total. The Hall–Kier alpha value is -3.06. The van der Waals surface area contributed by atoms with Crippen LogP contribution in [0.3, 0.4) is 0 Å². The lowest BCUT2D eigenvalue weighted by molar-refractivity contribution is 0.122. The molecule has 0 bridgehead atoms. The van der Waals surface area contributed by atoms with Crippen molar-refractivity contribution in [3.05, 3.63) is 46.8 Å². The fraction of sp³-hybridized carbons (Fsp3) is 0.300. The molecule has 1 aliphatic rings. The quantitative estimate of drug-likeness (QED) is 0.763. The Bertz CT molecular complexity index is 1010. The monoisotopic (exact) mass is 367 g/mol. The lowest BCUT2D eigenvalue weighted by Crippen LogP contribution is -2.36. The van der Waals surface area contributed by atoms with E-state index in [1.807, 2.05) is 24.3 Å². The Kier molecular flexibility index (Phi) is 4.68. The van der Waals surface area contributed by atoms with Crippen molar-refractivity contribution in [3.63, 3.8) is 0 Å². The summed E-state index contributed by atoms with van der Waals surface area (Å²) in [5, 5.41) is 0.409. The van der Waals surface area contributed by atoms with Crippen LogP contribution in [-0.2, 0) is 4.74 Å². The number of hydrogen-bond donors (Lipinski definition) is 1. The van der Waals surface area contributed by atoms with E-state index in [-0.39, 0.29) is 5.56 Å². The van der Waals surface area contributed by atoms with Gasteiger partial charge in [-0.1, -0.05) is 0 Å². The van der Waals surface area contributed by atoms with Gasteiger partial charge < -0.3 is 24.1 Å². The molecule has 1 fully saturated rings. The summed E-state index contributed by atoms with van der Waals surface area (Å²) in [4.78, 5) is 22.4. The minimum Gasteiger partial charge on any atom is -0.497 e. The fourth-order valence-corrected chi connectivity index (χ4v) is 3.28. The van der Waals surface area contributed by atoms with E-state index in [0.717, 1.165) is 37.6 Å². The first-order valence-electron chi connectivity index (χ1n) is 8.79. The van der Waals surface area contributed by atoms with Crippen molar-refractivity contribution >= 4 is 16.6 Å². The van der Waals surface area contributed by atoms with Crippen molar-refractivity contribution in [2.45, 2.75) is 0 Å². The van der Waals surface area contributed by atoms with E-state index in [1.165, 1.54) is 7.11 Å². The molecule has 2 aromatic carbocycles. The first kappa shape index (κ1) is 17.4. The average molecular weight is 367 g/mol. The van der Waals surface area contributed by atoms with Crippen LogP contribution in [0.1, 0.15) is 0 Å². The molecular formula is C20H21N3O4. The number of rotatable bonds is 4. The van der Waals surface area contributed by atoms with Gasteiger partial charge >= 0.3 is 0 Å². The molecule has 1 aromatic heterocycles. The molecule has 0 atom stereocenters. The van der Waals surface area contributed by atoms with Crippen molar-refractivity contribution < 1.29 is 14.2 Å². The predicted molar refractivity (Wildman–Crippen MR) is 104 cm³/mol. The maximum atomic E-state index is 12.6. The van der Waals surface area contributed by atoms with Gasteiger partial charge in [0.1, 0.15) is 22.7 Å². The molecule has 1 N–H and O–H groups in total. The number of nitrogens with one attached hydrogen (secondary N) is 1. The third-order valence-corrected chi connectivity index (χ3v) is 4.72. The molecule has 2 heterocycles. The van der Waals surface area contributed by atoms with Crippen LogP contribution >= 0.6 is 0 Å². The molecule has 0 aliphatic carbocycles. The summed E-state index contributed by atoms with van der Waals surface area (Å²) >= 11 is 0. The molecule has 1 saturated heterocycles. The summed E-state index contributed by atoms with van der Waals surface area (Å²) in [5.74, 6) is 1.54. The number of nitrogens with zero attached hydrogens (tertiary/aromatic N) is 2. The fourth-order valence-electron chi connectivity index (χ4n) is 3.28. The van der Waals surface area contributed by atoms with Gasteiger partial charge in [-0.25, -0.2) is 4.98 Å². The number of fused-ring (bicyclic) bond motifs is 1. The summed E-state index contributed by atoms with van der Waals surface area (Å²) in [6.45, 7) is 3.24. The van der Waals surface area contributed by atoms with Gasteiger partial charge in [0.05, 0.1) is 33.0 Å². The summed E-state index contributed by atoms with van der Waals surface area (Å²) < 4.78 is 16.0.